The van der Waals surface area contributed by atoms with Crippen LogP contribution in [0.2, 0.25) is 0 Å². The molecule has 2 rings (SSSR count). The summed E-state index contributed by atoms with van der Waals surface area (Å²) >= 11 is 3.41. The van der Waals surface area contributed by atoms with Crippen molar-refractivity contribution < 1.29 is 19.4 Å². The first-order valence-electron chi connectivity index (χ1n) is 8.36. The third-order valence-corrected chi connectivity index (χ3v) is 4.87. The molecule has 0 aliphatic heterocycles. The van der Waals surface area contributed by atoms with E-state index in [4.69, 9.17) is 10.5 Å². The number of aliphatic hydroxyl groups excluding tert-OH is 1. The van der Waals surface area contributed by atoms with E-state index in [1.807, 2.05) is 35.8 Å². The number of esters is 1. The van der Waals surface area contributed by atoms with Gasteiger partial charge in [-0.25, -0.2) is 0 Å². The number of rotatable bonds is 8. The van der Waals surface area contributed by atoms with Crippen LogP contribution in [0.1, 0.15) is 34.6 Å². The Bertz CT molecular complexity index is 797. The molecule has 0 fully saturated rings. The third-order valence-electron chi connectivity index (χ3n) is 4.34. The lowest BCUT2D eigenvalue weighted by atomic mass is 9.98. The van der Waals surface area contributed by atoms with Gasteiger partial charge in [-0.05, 0) is 37.5 Å². The second-order valence-electron chi connectivity index (χ2n) is 5.96. The summed E-state index contributed by atoms with van der Waals surface area (Å²) in [5.74, 6) is -0.831. The summed E-state index contributed by atoms with van der Waals surface area (Å²) < 4.78 is 7.65. The normalized spacial score (nSPS) is 10.8. The molecule has 1 amide bonds. The molecule has 0 aliphatic rings. The van der Waals surface area contributed by atoms with Crippen molar-refractivity contribution >= 4 is 27.8 Å². The molecule has 0 bridgehead atoms. The van der Waals surface area contributed by atoms with E-state index in [1.165, 1.54) is 7.11 Å². The highest BCUT2D eigenvalue weighted by atomic mass is 79.9. The van der Waals surface area contributed by atoms with E-state index in [9.17, 15) is 14.7 Å². The molecule has 140 valence electrons. The zero-order chi connectivity index (χ0) is 19.3. The van der Waals surface area contributed by atoms with Crippen LogP contribution in [0.5, 0.6) is 0 Å². The highest BCUT2D eigenvalue weighted by Crippen LogP contribution is 2.34. The Kier molecular flexibility index (Phi) is 6.99. The first kappa shape index (κ1) is 20.2. The number of halogens is 1. The highest BCUT2D eigenvalue weighted by Gasteiger charge is 2.25. The Morgan fingerprint density at radius 2 is 1.92 bits per heavy atom. The molecule has 0 unspecified atom stereocenters. The molecule has 1 aromatic carbocycles. The van der Waals surface area contributed by atoms with Crippen molar-refractivity contribution in [1.82, 2.24) is 4.57 Å². The fraction of sp³-hybridized carbons (Fsp3) is 0.368. The van der Waals surface area contributed by atoms with Gasteiger partial charge in [0.05, 0.1) is 19.1 Å². The zero-order valence-electron chi connectivity index (χ0n) is 14.9. The predicted molar refractivity (Wildman–Crippen MR) is 103 cm³/mol. The highest BCUT2D eigenvalue weighted by molar-refractivity contribution is 9.10. The van der Waals surface area contributed by atoms with Gasteiger partial charge in [0.1, 0.15) is 0 Å². The fourth-order valence-corrected chi connectivity index (χ4v) is 3.40. The number of amides is 1. The monoisotopic (exact) mass is 422 g/mol. The van der Waals surface area contributed by atoms with Gasteiger partial charge in [0.15, 0.2) is 0 Å². The molecule has 26 heavy (non-hydrogen) atoms. The van der Waals surface area contributed by atoms with Crippen LogP contribution in [-0.4, -0.2) is 35.3 Å². The summed E-state index contributed by atoms with van der Waals surface area (Å²) in [7, 11) is 1.35. The Morgan fingerprint density at radius 1 is 1.27 bits per heavy atom. The maximum Gasteiger partial charge on any atom is 0.305 e. The first-order valence-corrected chi connectivity index (χ1v) is 9.15. The minimum absolute atomic E-state index is 0.0353. The van der Waals surface area contributed by atoms with Gasteiger partial charge in [-0.1, -0.05) is 28.1 Å². The van der Waals surface area contributed by atoms with Crippen molar-refractivity contribution in [2.75, 3.05) is 13.7 Å². The molecule has 1 aromatic heterocycles. The van der Waals surface area contributed by atoms with E-state index in [1.54, 1.807) is 0 Å². The molecule has 0 atom stereocenters. The minimum Gasteiger partial charge on any atom is -0.469 e. The number of primary amides is 1. The predicted octanol–water partition coefficient (Wildman–Crippen LogP) is 2.81. The molecule has 7 heteroatoms. The number of nitrogens with two attached hydrogens (primary N) is 1. The zero-order valence-corrected chi connectivity index (χ0v) is 16.5. The molecule has 2 aromatic rings. The van der Waals surface area contributed by atoms with Crippen LogP contribution in [-0.2, 0) is 22.5 Å². The van der Waals surface area contributed by atoms with Gasteiger partial charge in [-0.2, -0.15) is 0 Å². The van der Waals surface area contributed by atoms with E-state index >= 15 is 0 Å². The summed E-state index contributed by atoms with van der Waals surface area (Å²) in [6.07, 6.45) is 1.15. The van der Waals surface area contributed by atoms with Crippen LogP contribution < -0.4 is 5.73 Å². The molecule has 0 saturated heterocycles. The average Bonchev–Trinajstić information content (AvgIpc) is 2.90. The van der Waals surface area contributed by atoms with E-state index in [2.05, 4.69) is 15.9 Å². The Balaban J connectivity index is 2.65. The number of hydrogen-bond donors (Lipinski definition) is 2. The van der Waals surface area contributed by atoms with Gasteiger partial charge < -0.3 is 20.1 Å². The first-order chi connectivity index (χ1) is 12.4. The molecular weight excluding hydrogens is 400 g/mol. The number of hydrogen-bond acceptors (Lipinski definition) is 4. The molecule has 0 saturated carbocycles. The quantitative estimate of drug-likeness (QED) is 0.639. The van der Waals surface area contributed by atoms with Crippen LogP contribution in [0.25, 0.3) is 11.1 Å². The summed E-state index contributed by atoms with van der Waals surface area (Å²) in [6, 6.07) is 7.60. The lowest BCUT2D eigenvalue weighted by Crippen LogP contribution is -2.13. The largest absolute Gasteiger partial charge is 0.469 e. The number of aliphatic hydroxyl groups is 1. The average molecular weight is 423 g/mol. The van der Waals surface area contributed by atoms with Gasteiger partial charge in [-0.3, -0.25) is 9.59 Å². The van der Waals surface area contributed by atoms with Crippen molar-refractivity contribution in [3.8, 4) is 11.1 Å². The second-order valence-corrected chi connectivity index (χ2v) is 6.87. The van der Waals surface area contributed by atoms with Crippen LogP contribution in [0.15, 0.2) is 28.7 Å². The van der Waals surface area contributed by atoms with Gasteiger partial charge >= 0.3 is 5.97 Å². The molecule has 0 aliphatic carbocycles. The molecule has 1 heterocycles. The Hall–Kier alpha value is -2.12. The number of carbonyl (C=O) groups excluding carboxylic acids is 2. The van der Waals surface area contributed by atoms with Gasteiger partial charge in [0, 0.05) is 34.6 Å². The van der Waals surface area contributed by atoms with E-state index in [0.29, 0.717) is 24.9 Å². The number of methoxy groups -OCH3 is 1. The molecule has 3 N–H and O–H groups in total. The number of ether oxygens (including phenoxy) is 1. The summed E-state index contributed by atoms with van der Waals surface area (Å²) in [5.41, 5.74) is 9.30. The van der Waals surface area contributed by atoms with Crippen LogP contribution in [0.4, 0.5) is 0 Å². The molecule has 0 spiro atoms. The van der Waals surface area contributed by atoms with E-state index in [-0.39, 0.29) is 19.0 Å². The Labute approximate surface area is 161 Å². The van der Waals surface area contributed by atoms with Crippen molar-refractivity contribution in [1.29, 1.82) is 0 Å². The second kappa shape index (κ2) is 9.00. The number of carbonyl (C=O) groups is 2. The van der Waals surface area contributed by atoms with Gasteiger partial charge in [-0.15, -0.1) is 0 Å². The summed E-state index contributed by atoms with van der Waals surface area (Å²) in [6.45, 7) is 2.41. The number of benzene rings is 1. The maximum absolute atomic E-state index is 12.2. The number of aromatic nitrogens is 1. The van der Waals surface area contributed by atoms with Crippen molar-refractivity contribution in [2.24, 2.45) is 5.73 Å². The van der Waals surface area contributed by atoms with Gasteiger partial charge in [0.2, 0.25) is 0 Å². The van der Waals surface area contributed by atoms with Crippen LogP contribution in [0, 0.1) is 6.92 Å². The summed E-state index contributed by atoms with van der Waals surface area (Å²) in [5, 5.41) is 9.21. The van der Waals surface area contributed by atoms with Crippen molar-refractivity contribution in [2.45, 2.75) is 32.7 Å². The van der Waals surface area contributed by atoms with Crippen LogP contribution >= 0.6 is 15.9 Å². The minimum atomic E-state index is -0.512. The topological polar surface area (TPSA) is 94.5 Å². The fourth-order valence-electron chi connectivity index (χ4n) is 3.14. The SMILES string of the molecule is COC(=O)CCc1c(-c2ccc(Br)cc2)c(C(N)=O)c(C)n1CCCO. The standard InChI is InChI=1S/C19H23BrN2O4/c1-12-17(19(21)25)18(13-4-6-14(20)7-5-13)15(8-9-16(24)26-2)22(12)10-3-11-23/h4-7,23H,3,8-11H2,1-2H3,(H2,21,25). The molecular formula is C19H23BrN2O4. The van der Waals surface area contributed by atoms with E-state index < -0.39 is 5.91 Å². The number of nitrogens with zero attached hydrogens (tertiary/aromatic N) is 1. The smallest absolute Gasteiger partial charge is 0.305 e. The van der Waals surface area contributed by atoms with Gasteiger partial charge in [0.25, 0.3) is 5.91 Å². The summed E-state index contributed by atoms with van der Waals surface area (Å²) in [4.78, 5) is 23.8. The Morgan fingerprint density at radius 3 is 2.46 bits per heavy atom. The maximum atomic E-state index is 12.2. The van der Waals surface area contributed by atoms with Crippen molar-refractivity contribution in [3.63, 3.8) is 0 Å². The lowest BCUT2D eigenvalue weighted by molar-refractivity contribution is -0.140. The third kappa shape index (κ3) is 4.34. The molecule has 6 nitrogen and oxygen atoms in total. The van der Waals surface area contributed by atoms with E-state index in [0.717, 1.165) is 27.0 Å². The van der Waals surface area contributed by atoms with Crippen LogP contribution in [0.3, 0.4) is 0 Å². The lowest BCUT2D eigenvalue weighted by Gasteiger charge is -2.12. The van der Waals surface area contributed by atoms with Crippen molar-refractivity contribution in [3.05, 3.63) is 45.7 Å². The molecule has 0 radical (unpaired) electrons.